The largest absolute Gasteiger partial charge is 0.480 e. The van der Waals surface area contributed by atoms with Crippen LogP contribution in [-0.4, -0.2) is 42.7 Å². The van der Waals surface area contributed by atoms with Crippen LogP contribution in [0.2, 0.25) is 0 Å². The molecule has 2 atom stereocenters. The summed E-state index contributed by atoms with van der Waals surface area (Å²) in [5.74, 6) is 0.443. The van der Waals surface area contributed by atoms with Crippen LogP contribution in [0, 0.1) is 5.92 Å². The van der Waals surface area contributed by atoms with E-state index in [1.54, 1.807) is 0 Å². The summed E-state index contributed by atoms with van der Waals surface area (Å²) in [7, 11) is 2.91. The van der Waals surface area contributed by atoms with E-state index in [0.717, 1.165) is 19.3 Å². The smallest absolute Gasteiger partial charge is 0.262 e. The standard InChI is InChI=1S/C13H20N4O3/c1-19-12-10(13(20-2)16-7-15-12)11(18)17-9-5-3-4-8(9)6-14/h7-9H,3-6,14H2,1-2H3,(H,17,18). The summed E-state index contributed by atoms with van der Waals surface area (Å²) in [5.41, 5.74) is 5.95. The second kappa shape index (κ2) is 6.51. The quantitative estimate of drug-likeness (QED) is 0.807. The number of nitrogens with two attached hydrogens (primary N) is 1. The number of methoxy groups -OCH3 is 2. The van der Waals surface area contributed by atoms with Gasteiger partial charge in [-0.25, -0.2) is 9.97 Å². The number of carbonyl (C=O) groups is 1. The number of hydrogen-bond donors (Lipinski definition) is 2. The number of aromatic nitrogens is 2. The first-order valence-electron chi connectivity index (χ1n) is 6.65. The summed E-state index contributed by atoms with van der Waals surface area (Å²) in [6.45, 7) is 0.574. The molecular weight excluding hydrogens is 260 g/mol. The highest BCUT2D eigenvalue weighted by atomic mass is 16.5. The minimum Gasteiger partial charge on any atom is -0.480 e. The summed E-state index contributed by atoms with van der Waals surface area (Å²) in [6.07, 6.45) is 4.35. The molecule has 3 N–H and O–H groups in total. The van der Waals surface area contributed by atoms with Crippen LogP contribution in [0.5, 0.6) is 11.8 Å². The van der Waals surface area contributed by atoms with Gasteiger partial charge in [0.05, 0.1) is 14.2 Å². The van der Waals surface area contributed by atoms with Gasteiger partial charge in [-0.15, -0.1) is 0 Å². The van der Waals surface area contributed by atoms with Crippen molar-refractivity contribution in [3.8, 4) is 11.8 Å². The number of carbonyl (C=O) groups excluding carboxylic acids is 1. The van der Waals surface area contributed by atoms with E-state index in [1.807, 2.05) is 0 Å². The molecule has 1 saturated carbocycles. The van der Waals surface area contributed by atoms with Crippen LogP contribution in [0.1, 0.15) is 29.6 Å². The second-order valence-corrected chi connectivity index (χ2v) is 4.77. The van der Waals surface area contributed by atoms with E-state index in [4.69, 9.17) is 15.2 Å². The van der Waals surface area contributed by atoms with Crippen LogP contribution in [0.25, 0.3) is 0 Å². The second-order valence-electron chi connectivity index (χ2n) is 4.77. The number of hydrogen-bond acceptors (Lipinski definition) is 6. The van der Waals surface area contributed by atoms with E-state index < -0.39 is 0 Å². The van der Waals surface area contributed by atoms with Crippen molar-refractivity contribution in [3.05, 3.63) is 11.9 Å². The summed E-state index contributed by atoms with van der Waals surface area (Å²) in [6, 6.07) is 0.0853. The lowest BCUT2D eigenvalue weighted by atomic mass is 10.0. The molecule has 7 heteroatoms. The highest BCUT2D eigenvalue weighted by Gasteiger charge is 2.30. The maximum Gasteiger partial charge on any atom is 0.262 e. The summed E-state index contributed by atoms with van der Waals surface area (Å²) >= 11 is 0. The topological polar surface area (TPSA) is 99.4 Å². The van der Waals surface area contributed by atoms with Gasteiger partial charge in [0.2, 0.25) is 11.8 Å². The Morgan fingerprint density at radius 2 is 2.00 bits per heavy atom. The summed E-state index contributed by atoms with van der Waals surface area (Å²) in [5, 5.41) is 2.99. The highest BCUT2D eigenvalue weighted by Crippen LogP contribution is 2.27. The molecule has 0 aromatic carbocycles. The number of nitrogens with one attached hydrogen (secondary N) is 1. The highest BCUT2D eigenvalue weighted by molar-refractivity contribution is 5.98. The van der Waals surface area contributed by atoms with E-state index in [0.29, 0.717) is 12.5 Å². The Bertz CT molecular complexity index is 458. The van der Waals surface area contributed by atoms with E-state index in [-0.39, 0.29) is 29.3 Å². The van der Waals surface area contributed by atoms with Gasteiger partial charge in [-0.3, -0.25) is 4.79 Å². The number of rotatable bonds is 5. The Morgan fingerprint density at radius 3 is 2.55 bits per heavy atom. The fourth-order valence-electron chi connectivity index (χ4n) is 2.61. The third-order valence-electron chi connectivity index (χ3n) is 3.67. The Labute approximate surface area is 117 Å². The number of amides is 1. The first-order valence-corrected chi connectivity index (χ1v) is 6.65. The minimum absolute atomic E-state index is 0.0853. The molecule has 0 radical (unpaired) electrons. The van der Waals surface area contributed by atoms with Crippen LogP contribution in [0.15, 0.2) is 6.33 Å². The first kappa shape index (κ1) is 14.5. The molecule has 1 heterocycles. The maximum absolute atomic E-state index is 12.4. The lowest BCUT2D eigenvalue weighted by Crippen LogP contribution is -2.40. The summed E-state index contributed by atoms with van der Waals surface area (Å²) < 4.78 is 10.2. The predicted octanol–water partition coefficient (Wildman–Crippen LogP) is 0.351. The molecule has 20 heavy (non-hydrogen) atoms. The van der Waals surface area contributed by atoms with E-state index in [1.165, 1.54) is 20.5 Å². The average Bonchev–Trinajstić information content (AvgIpc) is 2.93. The van der Waals surface area contributed by atoms with Gasteiger partial charge in [0, 0.05) is 6.04 Å². The van der Waals surface area contributed by atoms with E-state index >= 15 is 0 Å². The lowest BCUT2D eigenvalue weighted by Gasteiger charge is -2.20. The molecule has 0 aliphatic heterocycles. The average molecular weight is 280 g/mol. The normalized spacial score (nSPS) is 21.6. The molecule has 1 fully saturated rings. The fraction of sp³-hybridized carbons (Fsp3) is 0.615. The third-order valence-corrected chi connectivity index (χ3v) is 3.67. The van der Waals surface area contributed by atoms with Gasteiger partial charge >= 0.3 is 0 Å². The number of nitrogens with zero attached hydrogens (tertiary/aromatic N) is 2. The Morgan fingerprint density at radius 1 is 1.35 bits per heavy atom. The van der Waals surface area contributed by atoms with Crippen molar-refractivity contribution in [2.24, 2.45) is 11.7 Å². The molecule has 1 aromatic heterocycles. The van der Waals surface area contributed by atoms with Crippen LogP contribution >= 0.6 is 0 Å². The van der Waals surface area contributed by atoms with E-state index in [9.17, 15) is 4.79 Å². The molecule has 0 saturated heterocycles. The molecule has 1 aromatic rings. The van der Waals surface area contributed by atoms with E-state index in [2.05, 4.69) is 15.3 Å². The number of ether oxygens (including phenoxy) is 2. The first-order chi connectivity index (χ1) is 9.71. The monoisotopic (exact) mass is 280 g/mol. The van der Waals surface area contributed by atoms with Gasteiger partial charge in [0.1, 0.15) is 6.33 Å². The maximum atomic E-state index is 12.4. The van der Waals surface area contributed by atoms with Crippen molar-refractivity contribution in [3.63, 3.8) is 0 Å². The van der Waals surface area contributed by atoms with Crippen molar-refractivity contribution in [1.29, 1.82) is 0 Å². The third kappa shape index (κ3) is 2.82. The van der Waals surface area contributed by atoms with Crippen molar-refractivity contribution in [2.45, 2.75) is 25.3 Å². The zero-order chi connectivity index (χ0) is 14.5. The predicted molar refractivity (Wildman–Crippen MR) is 72.8 cm³/mol. The van der Waals surface area contributed by atoms with Crippen LogP contribution in [0.4, 0.5) is 0 Å². The molecule has 1 amide bonds. The molecule has 0 bridgehead atoms. The molecule has 2 unspecified atom stereocenters. The Hall–Kier alpha value is -1.89. The van der Waals surface area contributed by atoms with Gasteiger partial charge in [-0.1, -0.05) is 6.42 Å². The van der Waals surface area contributed by atoms with Crippen molar-refractivity contribution >= 4 is 5.91 Å². The molecule has 0 spiro atoms. The van der Waals surface area contributed by atoms with Crippen molar-refractivity contribution in [2.75, 3.05) is 20.8 Å². The van der Waals surface area contributed by atoms with Gasteiger partial charge in [0.15, 0.2) is 5.56 Å². The van der Waals surface area contributed by atoms with Crippen LogP contribution in [0.3, 0.4) is 0 Å². The fourth-order valence-corrected chi connectivity index (χ4v) is 2.61. The summed E-state index contributed by atoms with van der Waals surface area (Å²) in [4.78, 5) is 20.3. The SMILES string of the molecule is COc1ncnc(OC)c1C(=O)NC1CCCC1CN. The zero-order valence-corrected chi connectivity index (χ0v) is 11.8. The van der Waals surface area contributed by atoms with Gasteiger partial charge in [-0.2, -0.15) is 0 Å². The zero-order valence-electron chi connectivity index (χ0n) is 11.8. The van der Waals surface area contributed by atoms with Crippen molar-refractivity contribution < 1.29 is 14.3 Å². The van der Waals surface area contributed by atoms with Crippen molar-refractivity contribution in [1.82, 2.24) is 15.3 Å². The van der Waals surface area contributed by atoms with Crippen LogP contribution < -0.4 is 20.5 Å². The van der Waals surface area contributed by atoms with Crippen LogP contribution in [-0.2, 0) is 0 Å². The molecule has 110 valence electrons. The molecular formula is C13H20N4O3. The minimum atomic E-state index is -0.287. The van der Waals surface area contributed by atoms with Gasteiger partial charge in [-0.05, 0) is 25.3 Å². The molecule has 2 rings (SSSR count). The molecule has 7 nitrogen and oxygen atoms in total. The molecule has 1 aliphatic carbocycles. The van der Waals surface area contributed by atoms with Gasteiger partial charge in [0.25, 0.3) is 5.91 Å². The van der Waals surface area contributed by atoms with Gasteiger partial charge < -0.3 is 20.5 Å². The lowest BCUT2D eigenvalue weighted by molar-refractivity contribution is 0.0920. The Kier molecular flexibility index (Phi) is 4.73. The molecule has 1 aliphatic rings. The Balaban J connectivity index is 2.20.